The first-order valence-corrected chi connectivity index (χ1v) is 8.27. The normalized spacial score (nSPS) is 18.6. The number of hydrogen-bond donors (Lipinski definition) is 3. The molecule has 1 aliphatic carbocycles. The molecule has 0 fully saturated rings. The van der Waals surface area contributed by atoms with Crippen LogP contribution in [0.1, 0.15) is 41.6 Å². The monoisotopic (exact) mass is 327 g/mol. The Morgan fingerprint density at radius 2 is 2.29 bits per heavy atom. The maximum absolute atomic E-state index is 11.4. The van der Waals surface area contributed by atoms with E-state index in [-0.39, 0.29) is 17.2 Å². The second-order valence-electron chi connectivity index (χ2n) is 6.39. The van der Waals surface area contributed by atoms with Gasteiger partial charge in [-0.2, -0.15) is 0 Å². The molecule has 0 bridgehead atoms. The number of carboxylic acids is 1. The molecule has 3 N–H and O–H groups in total. The van der Waals surface area contributed by atoms with Gasteiger partial charge in [0.05, 0.1) is 5.52 Å². The lowest BCUT2D eigenvalue weighted by Gasteiger charge is -2.26. The Morgan fingerprint density at radius 3 is 2.96 bits per heavy atom. The molecule has 0 saturated heterocycles. The zero-order chi connectivity index (χ0) is 17.1. The van der Waals surface area contributed by atoms with Crippen molar-refractivity contribution in [2.24, 2.45) is 11.8 Å². The van der Waals surface area contributed by atoms with Crippen LogP contribution in [-0.4, -0.2) is 27.5 Å². The number of allylic oxidation sites excluding steroid dienone is 2. The molecule has 0 amide bonds. The molecule has 0 saturated carbocycles. The van der Waals surface area contributed by atoms with Crippen molar-refractivity contribution < 1.29 is 19.8 Å². The van der Waals surface area contributed by atoms with E-state index in [1.54, 1.807) is 6.20 Å². The number of carbonyl (C=O) groups is 2. The first-order valence-electron chi connectivity index (χ1n) is 8.27. The van der Waals surface area contributed by atoms with Gasteiger partial charge in [0.25, 0.3) is 0 Å². The molecule has 126 valence electrons. The molecule has 1 heterocycles. The number of hydrogen-bond acceptors (Lipinski definition) is 3. The Morgan fingerprint density at radius 1 is 1.46 bits per heavy atom. The van der Waals surface area contributed by atoms with Crippen LogP contribution in [-0.2, 0) is 11.2 Å². The summed E-state index contributed by atoms with van der Waals surface area (Å²) in [7, 11) is 0. The number of benzene rings is 1. The number of aromatic carboxylic acids is 1. The first kappa shape index (κ1) is 16.3. The number of phenols is 1. The van der Waals surface area contributed by atoms with Crippen molar-refractivity contribution in [1.29, 1.82) is 0 Å². The summed E-state index contributed by atoms with van der Waals surface area (Å²) in [5.74, 6) is -0.894. The third-order valence-corrected chi connectivity index (χ3v) is 4.90. The number of fused-ring (bicyclic) bond motifs is 1. The van der Waals surface area contributed by atoms with E-state index in [9.17, 15) is 19.8 Å². The minimum atomic E-state index is -1.16. The predicted molar refractivity (Wildman–Crippen MR) is 91.3 cm³/mol. The molecule has 1 aliphatic rings. The Balaban J connectivity index is 1.99. The molecular weight excluding hydrogens is 306 g/mol. The largest absolute Gasteiger partial charge is 0.507 e. The average molecular weight is 327 g/mol. The Labute approximate surface area is 140 Å². The molecule has 1 aromatic carbocycles. The molecule has 2 unspecified atom stereocenters. The summed E-state index contributed by atoms with van der Waals surface area (Å²) in [5, 5.41) is 20.2. The van der Waals surface area contributed by atoms with E-state index in [0.29, 0.717) is 24.3 Å². The third kappa shape index (κ3) is 3.07. The van der Waals surface area contributed by atoms with Crippen LogP contribution in [0.25, 0.3) is 10.9 Å². The van der Waals surface area contributed by atoms with Gasteiger partial charge in [0, 0.05) is 18.0 Å². The summed E-state index contributed by atoms with van der Waals surface area (Å²) < 4.78 is 0. The fourth-order valence-corrected chi connectivity index (χ4v) is 3.72. The van der Waals surface area contributed by atoms with Crippen molar-refractivity contribution in [3.63, 3.8) is 0 Å². The van der Waals surface area contributed by atoms with Gasteiger partial charge in [-0.1, -0.05) is 12.2 Å². The number of aromatic amines is 1. The first-order chi connectivity index (χ1) is 11.6. The molecular formula is C19H21NO4. The maximum atomic E-state index is 11.4. The topological polar surface area (TPSA) is 90.4 Å². The Hall–Kier alpha value is -2.56. The molecule has 24 heavy (non-hydrogen) atoms. The Bertz CT molecular complexity index is 790. The fraction of sp³-hybridized carbons (Fsp3) is 0.368. The SMILES string of the molecule is O=CCC(Cc1cc(O)c(C(=O)O)c2[nH]ccc12)C1C=CCCC1. The molecule has 2 aromatic rings. The standard InChI is InChI=1S/C19H21NO4/c21-9-7-13(12-4-2-1-3-5-12)10-14-11-16(22)17(19(23)24)18-15(14)6-8-20-18/h2,4,6,8-9,11-13,20,22H,1,3,5,7,10H2,(H,23,24). The van der Waals surface area contributed by atoms with E-state index in [1.165, 1.54) is 6.07 Å². The van der Waals surface area contributed by atoms with Gasteiger partial charge in [-0.15, -0.1) is 0 Å². The van der Waals surface area contributed by atoms with Crippen LogP contribution in [0.4, 0.5) is 0 Å². The van der Waals surface area contributed by atoms with Crippen molar-refractivity contribution >= 4 is 23.2 Å². The minimum absolute atomic E-state index is 0.108. The van der Waals surface area contributed by atoms with Crippen LogP contribution in [0.2, 0.25) is 0 Å². The molecule has 0 spiro atoms. The van der Waals surface area contributed by atoms with Crippen LogP contribution < -0.4 is 0 Å². The number of rotatable bonds is 6. The van der Waals surface area contributed by atoms with Gasteiger partial charge in [-0.05, 0) is 55.2 Å². The zero-order valence-electron chi connectivity index (χ0n) is 13.4. The lowest BCUT2D eigenvalue weighted by atomic mass is 9.79. The number of nitrogens with one attached hydrogen (secondary N) is 1. The van der Waals surface area contributed by atoms with Crippen LogP contribution in [0, 0.1) is 11.8 Å². The molecule has 2 atom stereocenters. The maximum Gasteiger partial charge on any atom is 0.341 e. The predicted octanol–water partition coefficient (Wildman–Crippen LogP) is 3.68. The van der Waals surface area contributed by atoms with Crippen LogP contribution in [0.5, 0.6) is 5.75 Å². The van der Waals surface area contributed by atoms with Crippen LogP contribution >= 0.6 is 0 Å². The quantitative estimate of drug-likeness (QED) is 0.557. The number of carboxylic acid groups (broad SMARTS) is 1. The molecule has 0 aliphatic heterocycles. The summed E-state index contributed by atoms with van der Waals surface area (Å²) in [5.41, 5.74) is 1.20. The van der Waals surface area contributed by atoms with Gasteiger partial charge in [0.2, 0.25) is 0 Å². The van der Waals surface area contributed by atoms with Gasteiger partial charge in [0.15, 0.2) is 0 Å². The molecule has 5 heteroatoms. The summed E-state index contributed by atoms with van der Waals surface area (Å²) in [6, 6.07) is 3.36. The summed E-state index contributed by atoms with van der Waals surface area (Å²) in [4.78, 5) is 25.4. The van der Waals surface area contributed by atoms with Crippen molar-refractivity contribution in [2.45, 2.75) is 32.1 Å². The number of aromatic hydroxyl groups is 1. The highest BCUT2D eigenvalue weighted by molar-refractivity contribution is 6.05. The number of H-pyrrole nitrogens is 1. The molecule has 3 rings (SSSR count). The van der Waals surface area contributed by atoms with E-state index < -0.39 is 5.97 Å². The van der Waals surface area contributed by atoms with Crippen molar-refractivity contribution in [1.82, 2.24) is 4.98 Å². The smallest absolute Gasteiger partial charge is 0.341 e. The summed E-state index contributed by atoms with van der Waals surface area (Å²) in [6.07, 6.45) is 11.4. The number of aromatic nitrogens is 1. The summed E-state index contributed by atoms with van der Waals surface area (Å²) in [6.45, 7) is 0. The molecule has 0 radical (unpaired) electrons. The number of aldehydes is 1. The van der Waals surface area contributed by atoms with Gasteiger partial charge >= 0.3 is 5.97 Å². The van der Waals surface area contributed by atoms with E-state index in [4.69, 9.17) is 0 Å². The van der Waals surface area contributed by atoms with Crippen molar-refractivity contribution in [2.75, 3.05) is 0 Å². The van der Waals surface area contributed by atoms with Gasteiger partial charge in [-0.3, -0.25) is 0 Å². The average Bonchev–Trinajstić information content (AvgIpc) is 3.04. The highest BCUT2D eigenvalue weighted by Crippen LogP contribution is 2.35. The Kier molecular flexibility index (Phi) is 4.69. The lowest BCUT2D eigenvalue weighted by molar-refractivity contribution is -0.108. The highest BCUT2D eigenvalue weighted by atomic mass is 16.4. The minimum Gasteiger partial charge on any atom is -0.507 e. The lowest BCUT2D eigenvalue weighted by Crippen LogP contribution is -2.18. The van der Waals surface area contributed by atoms with Gasteiger partial charge in [-0.25, -0.2) is 4.79 Å². The number of carbonyl (C=O) groups excluding carboxylic acids is 1. The van der Waals surface area contributed by atoms with Crippen molar-refractivity contribution in [3.05, 3.63) is 41.6 Å². The van der Waals surface area contributed by atoms with Gasteiger partial charge in [0.1, 0.15) is 17.6 Å². The fourth-order valence-electron chi connectivity index (χ4n) is 3.72. The third-order valence-electron chi connectivity index (χ3n) is 4.90. The van der Waals surface area contributed by atoms with Crippen LogP contribution in [0.3, 0.4) is 0 Å². The van der Waals surface area contributed by atoms with E-state index in [2.05, 4.69) is 17.1 Å². The molecule has 5 nitrogen and oxygen atoms in total. The zero-order valence-corrected chi connectivity index (χ0v) is 13.4. The highest BCUT2D eigenvalue weighted by Gasteiger charge is 2.24. The second kappa shape index (κ2) is 6.91. The van der Waals surface area contributed by atoms with E-state index in [0.717, 1.165) is 36.5 Å². The van der Waals surface area contributed by atoms with Crippen molar-refractivity contribution in [3.8, 4) is 5.75 Å². The van der Waals surface area contributed by atoms with Crippen LogP contribution in [0.15, 0.2) is 30.5 Å². The van der Waals surface area contributed by atoms with E-state index in [1.807, 2.05) is 6.07 Å². The molecule has 1 aromatic heterocycles. The van der Waals surface area contributed by atoms with E-state index >= 15 is 0 Å². The second-order valence-corrected chi connectivity index (χ2v) is 6.39. The summed E-state index contributed by atoms with van der Waals surface area (Å²) >= 11 is 0. The van der Waals surface area contributed by atoms with Gasteiger partial charge < -0.3 is 20.0 Å².